The highest BCUT2D eigenvalue weighted by Crippen LogP contribution is 2.27. The van der Waals surface area contributed by atoms with Crippen LogP contribution < -0.4 is 5.73 Å². The first-order valence-electron chi connectivity index (χ1n) is 4.91. The normalized spacial score (nSPS) is 11.7. The fourth-order valence-corrected chi connectivity index (χ4v) is 2.32. The second kappa shape index (κ2) is 4.69. The minimum atomic E-state index is -3.19. The minimum absolute atomic E-state index is 0.117. The fourth-order valence-electron chi connectivity index (χ4n) is 1.37. The molecule has 0 saturated carbocycles. The molecule has 6 nitrogen and oxygen atoms in total. The lowest BCUT2D eigenvalue weighted by Crippen LogP contribution is -2.02. The maximum atomic E-state index is 11.1. The Morgan fingerprint density at radius 3 is 2.83 bits per heavy atom. The summed E-state index contributed by atoms with van der Waals surface area (Å²) in [6, 6.07) is 5.21. The Morgan fingerprint density at radius 2 is 2.17 bits per heavy atom. The molecular weight excluding hydrogens is 322 g/mol. The highest BCUT2D eigenvalue weighted by molar-refractivity contribution is 9.10. The highest BCUT2D eigenvalue weighted by atomic mass is 79.9. The van der Waals surface area contributed by atoms with E-state index in [1.165, 1.54) is 0 Å². The van der Waals surface area contributed by atoms with Crippen molar-refractivity contribution in [2.24, 2.45) is 0 Å². The Kier molecular flexibility index (Phi) is 3.40. The number of sulfone groups is 1. The van der Waals surface area contributed by atoms with Crippen LogP contribution in [0, 0.1) is 0 Å². The van der Waals surface area contributed by atoms with Crippen molar-refractivity contribution < 1.29 is 12.9 Å². The zero-order chi connectivity index (χ0) is 13.3. The number of anilines is 1. The number of nitrogen functional groups attached to an aromatic ring is 1. The molecule has 0 saturated heterocycles. The van der Waals surface area contributed by atoms with Gasteiger partial charge in [-0.25, -0.2) is 8.42 Å². The fraction of sp³-hybridized carbons (Fsp3) is 0.200. The Balaban J connectivity index is 2.38. The standard InChI is InChI=1S/C10H10BrN3O3S/c1-18(15,16)5-9-13-10(17-14-9)7-4-6(11)2-3-8(7)12/h2-4H,5,12H2,1H3. The van der Waals surface area contributed by atoms with Crippen LogP contribution in [-0.2, 0) is 15.6 Å². The summed E-state index contributed by atoms with van der Waals surface area (Å²) < 4.78 is 28.0. The number of halogens is 1. The van der Waals surface area contributed by atoms with Gasteiger partial charge in [0.05, 0.1) is 5.56 Å². The summed E-state index contributed by atoms with van der Waals surface area (Å²) >= 11 is 3.31. The quantitative estimate of drug-likeness (QED) is 0.858. The summed E-state index contributed by atoms with van der Waals surface area (Å²) in [4.78, 5) is 4.01. The molecule has 0 atom stereocenters. The van der Waals surface area contributed by atoms with E-state index in [9.17, 15) is 8.42 Å². The molecule has 0 aliphatic rings. The van der Waals surface area contributed by atoms with Gasteiger partial charge in [-0.1, -0.05) is 21.1 Å². The number of rotatable bonds is 3. The Labute approximate surface area is 112 Å². The van der Waals surface area contributed by atoms with Gasteiger partial charge in [-0.15, -0.1) is 0 Å². The van der Waals surface area contributed by atoms with Crippen molar-refractivity contribution in [1.29, 1.82) is 0 Å². The first-order valence-corrected chi connectivity index (χ1v) is 7.76. The molecule has 0 fully saturated rings. The summed E-state index contributed by atoms with van der Waals surface area (Å²) in [5.41, 5.74) is 6.84. The van der Waals surface area contributed by atoms with E-state index in [4.69, 9.17) is 10.3 Å². The van der Waals surface area contributed by atoms with Gasteiger partial charge in [0.15, 0.2) is 15.7 Å². The van der Waals surface area contributed by atoms with Gasteiger partial charge in [-0.05, 0) is 18.2 Å². The molecule has 1 aromatic heterocycles. The monoisotopic (exact) mass is 331 g/mol. The van der Waals surface area contributed by atoms with Crippen molar-refractivity contribution in [1.82, 2.24) is 10.1 Å². The molecule has 0 spiro atoms. The van der Waals surface area contributed by atoms with Gasteiger partial charge in [-0.2, -0.15) is 4.98 Å². The molecule has 96 valence electrons. The van der Waals surface area contributed by atoms with Crippen molar-refractivity contribution in [3.63, 3.8) is 0 Å². The van der Waals surface area contributed by atoms with Gasteiger partial charge in [0.25, 0.3) is 5.89 Å². The first kappa shape index (κ1) is 13.0. The molecule has 0 bridgehead atoms. The van der Waals surface area contributed by atoms with E-state index in [2.05, 4.69) is 26.1 Å². The molecule has 0 radical (unpaired) electrons. The van der Waals surface area contributed by atoms with Gasteiger partial charge in [0.1, 0.15) is 5.75 Å². The molecule has 2 N–H and O–H groups in total. The smallest absolute Gasteiger partial charge is 0.260 e. The average Bonchev–Trinajstić information content (AvgIpc) is 2.67. The SMILES string of the molecule is CS(=O)(=O)Cc1noc(-c2cc(Br)ccc2N)n1. The van der Waals surface area contributed by atoms with E-state index in [1.54, 1.807) is 18.2 Å². The van der Waals surface area contributed by atoms with E-state index in [-0.39, 0.29) is 17.5 Å². The van der Waals surface area contributed by atoms with Gasteiger partial charge in [-0.3, -0.25) is 0 Å². The second-order valence-electron chi connectivity index (χ2n) is 3.82. The molecule has 2 aromatic rings. The molecule has 8 heteroatoms. The predicted octanol–water partition coefficient (Wildman–Crippen LogP) is 1.63. The predicted molar refractivity (Wildman–Crippen MR) is 70.4 cm³/mol. The lowest BCUT2D eigenvalue weighted by molar-refractivity contribution is 0.424. The van der Waals surface area contributed by atoms with Gasteiger partial charge in [0, 0.05) is 16.4 Å². The Hall–Kier alpha value is -1.41. The van der Waals surface area contributed by atoms with Crippen LogP contribution in [-0.4, -0.2) is 24.8 Å². The van der Waals surface area contributed by atoms with Crippen LogP contribution >= 0.6 is 15.9 Å². The summed E-state index contributed by atoms with van der Waals surface area (Å²) in [5.74, 6) is 0.0593. The molecular formula is C10H10BrN3O3S. The van der Waals surface area contributed by atoms with Crippen molar-refractivity contribution in [2.75, 3.05) is 12.0 Å². The Bertz CT molecular complexity index is 681. The summed E-state index contributed by atoms with van der Waals surface area (Å²) in [7, 11) is -3.19. The summed E-state index contributed by atoms with van der Waals surface area (Å²) in [6.45, 7) is 0. The van der Waals surface area contributed by atoms with E-state index < -0.39 is 9.84 Å². The first-order chi connectivity index (χ1) is 8.35. The molecule has 0 aliphatic heterocycles. The largest absolute Gasteiger partial charge is 0.398 e. The number of benzene rings is 1. The molecule has 18 heavy (non-hydrogen) atoms. The molecule has 2 rings (SSSR count). The molecule has 0 aliphatic carbocycles. The summed E-state index contributed by atoms with van der Waals surface area (Å²) in [5, 5.41) is 3.61. The summed E-state index contributed by atoms with van der Waals surface area (Å²) in [6.07, 6.45) is 1.11. The third kappa shape index (κ3) is 3.08. The zero-order valence-corrected chi connectivity index (χ0v) is 11.8. The Morgan fingerprint density at radius 1 is 1.44 bits per heavy atom. The van der Waals surface area contributed by atoms with Crippen molar-refractivity contribution in [3.8, 4) is 11.5 Å². The van der Waals surface area contributed by atoms with Crippen LogP contribution in [0.1, 0.15) is 5.82 Å². The molecule has 1 aromatic carbocycles. The van der Waals surface area contributed by atoms with Crippen LogP contribution in [0.25, 0.3) is 11.5 Å². The van der Waals surface area contributed by atoms with Crippen LogP contribution in [0.2, 0.25) is 0 Å². The van der Waals surface area contributed by atoms with Crippen LogP contribution in [0.3, 0.4) is 0 Å². The molecule has 0 unspecified atom stereocenters. The van der Waals surface area contributed by atoms with E-state index >= 15 is 0 Å². The third-order valence-electron chi connectivity index (χ3n) is 2.11. The maximum Gasteiger partial charge on any atom is 0.260 e. The van der Waals surface area contributed by atoms with Crippen LogP contribution in [0.5, 0.6) is 0 Å². The molecule has 0 amide bonds. The van der Waals surface area contributed by atoms with Crippen LogP contribution in [0.4, 0.5) is 5.69 Å². The topological polar surface area (TPSA) is 99.1 Å². The number of nitrogens with two attached hydrogens (primary N) is 1. The second-order valence-corrected chi connectivity index (χ2v) is 6.87. The van der Waals surface area contributed by atoms with Crippen molar-refractivity contribution >= 4 is 31.5 Å². The average molecular weight is 332 g/mol. The number of aromatic nitrogens is 2. The van der Waals surface area contributed by atoms with Gasteiger partial charge >= 0.3 is 0 Å². The van der Waals surface area contributed by atoms with E-state index in [0.717, 1.165) is 10.7 Å². The van der Waals surface area contributed by atoms with Crippen LogP contribution in [0.15, 0.2) is 27.2 Å². The maximum absolute atomic E-state index is 11.1. The number of nitrogens with zero attached hydrogens (tertiary/aromatic N) is 2. The zero-order valence-electron chi connectivity index (χ0n) is 9.42. The third-order valence-corrected chi connectivity index (χ3v) is 3.38. The lowest BCUT2D eigenvalue weighted by atomic mass is 10.2. The van der Waals surface area contributed by atoms with E-state index in [0.29, 0.717) is 11.3 Å². The molecule has 1 heterocycles. The minimum Gasteiger partial charge on any atom is -0.398 e. The van der Waals surface area contributed by atoms with Gasteiger partial charge < -0.3 is 10.3 Å². The van der Waals surface area contributed by atoms with Gasteiger partial charge in [0.2, 0.25) is 0 Å². The number of hydrogen-bond donors (Lipinski definition) is 1. The highest BCUT2D eigenvalue weighted by Gasteiger charge is 2.15. The van der Waals surface area contributed by atoms with Crippen molar-refractivity contribution in [3.05, 3.63) is 28.5 Å². The van der Waals surface area contributed by atoms with E-state index in [1.807, 2.05) is 0 Å². The lowest BCUT2D eigenvalue weighted by Gasteiger charge is -2.00. The van der Waals surface area contributed by atoms with Crippen molar-refractivity contribution in [2.45, 2.75) is 5.75 Å². The number of hydrogen-bond acceptors (Lipinski definition) is 6.